The fourth-order valence-electron chi connectivity index (χ4n) is 1.67. The summed E-state index contributed by atoms with van der Waals surface area (Å²) in [6.07, 6.45) is 0. The second kappa shape index (κ2) is 7.42. The van der Waals surface area contributed by atoms with Crippen LogP contribution >= 0.6 is 0 Å². The van der Waals surface area contributed by atoms with Gasteiger partial charge in [-0.3, -0.25) is 0 Å². The van der Waals surface area contributed by atoms with E-state index in [9.17, 15) is 0 Å². The van der Waals surface area contributed by atoms with Gasteiger partial charge in [0, 0.05) is 6.04 Å². The van der Waals surface area contributed by atoms with Crippen molar-refractivity contribution in [2.45, 2.75) is 40.7 Å². The van der Waals surface area contributed by atoms with Crippen molar-refractivity contribution < 1.29 is 4.74 Å². The van der Waals surface area contributed by atoms with Gasteiger partial charge in [0.2, 0.25) is 0 Å². The third-order valence-corrected chi connectivity index (χ3v) is 2.77. The quantitative estimate of drug-likeness (QED) is 0.788. The van der Waals surface area contributed by atoms with Crippen LogP contribution in [0.2, 0.25) is 0 Å². The van der Waals surface area contributed by atoms with Gasteiger partial charge >= 0.3 is 0 Å². The maximum atomic E-state index is 5.76. The second-order valence-corrected chi connectivity index (χ2v) is 5.80. The fraction of sp³-hybridized carbons (Fsp3) is 0.625. The molecule has 1 rings (SSSR count). The maximum Gasteiger partial charge on any atom is 0.119 e. The third kappa shape index (κ3) is 5.54. The zero-order chi connectivity index (χ0) is 13.5. The molecular weight excluding hydrogens is 222 g/mol. The molecule has 0 amide bonds. The fourth-order valence-corrected chi connectivity index (χ4v) is 1.67. The molecule has 0 bridgehead atoms. The molecule has 0 aromatic heterocycles. The van der Waals surface area contributed by atoms with Crippen molar-refractivity contribution in [1.29, 1.82) is 0 Å². The van der Waals surface area contributed by atoms with E-state index in [2.05, 4.69) is 58.1 Å². The summed E-state index contributed by atoms with van der Waals surface area (Å²) in [5, 5.41) is 3.53. The van der Waals surface area contributed by atoms with Gasteiger partial charge in [-0.05, 0) is 43.0 Å². The van der Waals surface area contributed by atoms with Crippen LogP contribution in [0.4, 0.5) is 0 Å². The van der Waals surface area contributed by atoms with E-state index in [4.69, 9.17) is 4.74 Å². The molecule has 1 N–H and O–H groups in total. The summed E-state index contributed by atoms with van der Waals surface area (Å²) >= 11 is 0. The molecule has 0 saturated heterocycles. The lowest BCUT2D eigenvalue weighted by Gasteiger charge is -2.17. The van der Waals surface area contributed by atoms with Crippen molar-refractivity contribution in [3.8, 4) is 5.75 Å². The molecule has 1 aromatic rings. The van der Waals surface area contributed by atoms with Crippen molar-refractivity contribution in [1.82, 2.24) is 5.32 Å². The number of rotatable bonds is 7. The number of benzene rings is 1. The highest BCUT2D eigenvalue weighted by molar-refractivity contribution is 5.30. The molecule has 0 spiro atoms. The minimum absolute atomic E-state index is 0.370. The number of nitrogens with one attached hydrogen (secondary N) is 1. The van der Waals surface area contributed by atoms with Crippen LogP contribution in [0, 0.1) is 11.8 Å². The van der Waals surface area contributed by atoms with Crippen LogP contribution in [-0.4, -0.2) is 13.2 Å². The predicted octanol–water partition coefficient (Wildman–Crippen LogP) is 4.03. The van der Waals surface area contributed by atoms with Crippen LogP contribution in [0.1, 0.15) is 46.2 Å². The minimum Gasteiger partial charge on any atom is -0.493 e. The van der Waals surface area contributed by atoms with Crippen LogP contribution in [0.25, 0.3) is 0 Å². The Balaban J connectivity index is 2.57. The topological polar surface area (TPSA) is 21.3 Å². The average molecular weight is 249 g/mol. The summed E-state index contributed by atoms with van der Waals surface area (Å²) in [5.41, 5.74) is 1.29. The molecule has 0 saturated carbocycles. The molecule has 0 aliphatic heterocycles. The van der Waals surface area contributed by atoms with Crippen molar-refractivity contribution >= 4 is 0 Å². The van der Waals surface area contributed by atoms with E-state index in [0.717, 1.165) is 18.9 Å². The van der Waals surface area contributed by atoms with E-state index >= 15 is 0 Å². The Labute approximate surface area is 112 Å². The van der Waals surface area contributed by atoms with Crippen LogP contribution in [0.15, 0.2) is 24.3 Å². The molecule has 2 heteroatoms. The van der Waals surface area contributed by atoms with Crippen molar-refractivity contribution in [2.24, 2.45) is 11.8 Å². The lowest BCUT2D eigenvalue weighted by atomic mass is 10.1. The molecule has 2 nitrogen and oxygen atoms in total. The van der Waals surface area contributed by atoms with E-state index in [1.165, 1.54) is 5.56 Å². The van der Waals surface area contributed by atoms with Gasteiger partial charge in [-0.25, -0.2) is 0 Å². The van der Waals surface area contributed by atoms with Gasteiger partial charge in [0.15, 0.2) is 0 Å². The molecule has 0 heterocycles. The lowest BCUT2D eigenvalue weighted by molar-refractivity contribution is 0.270. The number of hydrogen-bond acceptors (Lipinski definition) is 2. The van der Waals surface area contributed by atoms with Gasteiger partial charge in [0.05, 0.1) is 6.61 Å². The molecular formula is C16H27NO. The minimum atomic E-state index is 0.370. The number of hydrogen-bond donors (Lipinski definition) is 1. The third-order valence-electron chi connectivity index (χ3n) is 2.77. The van der Waals surface area contributed by atoms with Crippen molar-refractivity contribution in [3.05, 3.63) is 29.8 Å². The predicted molar refractivity (Wildman–Crippen MR) is 78.0 cm³/mol. The first-order valence-corrected chi connectivity index (χ1v) is 6.95. The van der Waals surface area contributed by atoms with Crippen molar-refractivity contribution in [2.75, 3.05) is 13.2 Å². The molecule has 102 valence electrons. The zero-order valence-electron chi connectivity index (χ0n) is 12.4. The SMILES string of the molecule is CC(C)CN[C@H](C)c1cccc(OCC(C)C)c1. The molecule has 18 heavy (non-hydrogen) atoms. The van der Waals surface area contributed by atoms with Crippen molar-refractivity contribution in [3.63, 3.8) is 0 Å². The summed E-state index contributed by atoms with van der Waals surface area (Å²) < 4.78 is 5.76. The Morgan fingerprint density at radius 3 is 2.39 bits per heavy atom. The van der Waals surface area contributed by atoms with Gasteiger partial charge in [-0.15, -0.1) is 0 Å². The smallest absolute Gasteiger partial charge is 0.119 e. The normalized spacial score (nSPS) is 13.1. The highest BCUT2D eigenvalue weighted by Crippen LogP contribution is 2.19. The van der Waals surface area contributed by atoms with E-state index in [-0.39, 0.29) is 0 Å². The Hall–Kier alpha value is -1.02. The standard InChI is InChI=1S/C16H27NO/c1-12(2)10-17-14(5)15-7-6-8-16(9-15)18-11-13(3)4/h6-9,12-14,17H,10-11H2,1-5H3/t14-/m1/s1. The van der Waals surface area contributed by atoms with Gasteiger partial charge in [0.1, 0.15) is 5.75 Å². The van der Waals surface area contributed by atoms with E-state index < -0.39 is 0 Å². The Morgan fingerprint density at radius 1 is 1.06 bits per heavy atom. The molecule has 0 aliphatic carbocycles. The van der Waals surface area contributed by atoms with Gasteiger partial charge in [-0.2, -0.15) is 0 Å². The van der Waals surface area contributed by atoms with Crippen LogP contribution in [0.3, 0.4) is 0 Å². The second-order valence-electron chi connectivity index (χ2n) is 5.80. The highest BCUT2D eigenvalue weighted by atomic mass is 16.5. The summed E-state index contributed by atoms with van der Waals surface area (Å²) in [7, 11) is 0. The highest BCUT2D eigenvalue weighted by Gasteiger charge is 2.07. The molecule has 0 unspecified atom stereocenters. The maximum absolute atomic E-state index is 5.76. The Morgan fingerprint density at radius 2 is 1.78 bits per heavy atom. The zero-order valence-corrected chi connectivity index (χ0v) is 12.4. The van der Waals surface area contributed by atoms with E-state index in [1.807, 2.05) is 6.07 Å². The summed E-state index contributed by atoms with van der Waals surface area (Å²) in [5.74, 6) is 2.21. The first-order valence-electron chi connectivity index (χ1n) is 6.95. The summed E-state index contributed by atoms with van der Waals surface area (Å²) in [6.45, 7) is 12.8. The molecule has 0 radical (unpaired) electrons. The van der Waals surface area contributed by atoms with Crippen LogP contribution < -0.4 is 10.1 Å². The first kappa shape index (κ1) is 15.0. The van der Waals surface area contributed by atoms with Crippen LogP contribution in [-0.2, 0) is 0 Å². The van der Waals surface area contributed by atoms with E-state index in [0.29, 0.717) is 17.9 Å². The molecule has 1 atom stereocenters. The monoisotopic (exact) mass is 249 g/mol. The largest absolute Gasteiger partial charge is 0.493 e. The Bertz CT molecular complexity index is 347. The average Bonchev–Trinajstić information content (AvgIpc) is 2.33. The molecule has 1 aromatic carbocycles. The molecule has 0 fully saturated rings. The summed E-state index contributed by atoms with van der Waals surface area (Å²) in [4.78, 5) is 0. The van der Waals surface area contributed by atoms with E-state index in [1.54, 1.807) is 0 Å². The Kier molecular flexibility index (Phi) is 6.20. The van der Waals surface area contributed by atoms with Gasteiger partial charge in [-0.1, -0.05) is 39.8 Å². The molecule has 0 aliphatic rings. The van der Waals surface area contributed by atoms with Gasteiger partial charge < -0.3 is 10.1 Å². The van der Waals surface area contributed by atoms with Gasteiger partial charge in [0.25, 0.3) is 0 Å². The first-order chi connectivity index (χ1) is 8.49. The number of ether oxygens (including phenoxy) is 1. The van der Waals surface area contributed by atoms with Crippen LogP contribution in [0.5, 0.6) is 5.75 Å². The summed E-state index contributed by atoms with van der Waals surface area (Å²) in [6, 6.07) is 8.76. The lowest BCUT2D eigenvalue weighted by Crippen LogP contribution is -2.23.